The van der Waals surface area contributed by atoms with E-state index in [2.05, 4.69) is 33.0 Å². The molecule has 0 saturated carbocycles. The first-order valence-electron chi connectivity index (χ1n) is 10.4. The molecule has 3 heterocycles. The summed E-state index contributed by atoms with van der Waals surface area (Å²) >= 11 is 0. The molecule has 1 fully saturated rings. The largest absolute Gasteiger partial charge is 0.493 e. The van der Waals surface area contributed by atoms with Gasteiger partial charge in [0.25, 0.3) is 0 Å². The Morgan fingerprint density at radius 3 is 2.73 bits per heavy atom. The number of hydrogen-bond donors (Lipinski definition) is 2. The Kier molecular flexibility index (Phi) is 8.32. The molecule has 1 atom stereocenters. The first-order chi connectivity index (χ1) is 14.2. The number of fused-ring (bicyclic) bond motifs is 1. The fraction of sp³-hybridized carbons (Fsp3) is 0.571. The fourth-order valence-corrected chi connectivity index (χ4v) is 3.74. The number of hydrogen-bond acceptors (Lipinski definition) is 5. The van der Waals surface area contributed by atoms with Crippen LogP contribution in [0.3, 0.4) is 0 Å². The Hall–Kier alpha value is -1.88. The van der Waals surface area contributed by atoms with Gasteiger partial charge in [0.2, 0.25) is 0 Å². The van der Waals surface area contributed by atoms with Gasteiger partial charge >= 0.3 is 0 Å². The zero-order chi connectivity index (χ0) is 20.1. The molecule has 0 aliphatic carbocycles. The zero-order valence-corrected chi connectivity index (χ0v) is 20.0. The summed E-state index contributed by atoms with van der Waals surface area (Å²) in [5, 5.41) is 15.5. The topological polar surface area (TPSA) is 85.6 Å². The van der Waals surface area contributed by atoms with Gasteiger partial charge in [0.15, 0.2) is 11.8 Å². The zero-order valence-electron chi connectivity index (χ0n) is 17.6. The van der Waals surface area contributed by atoms with Crippen LogP contribution in [0.4, 0.5) is 0 Å². The smallest absolute Gasteiger partial charge is 0.192 e. The molecule has 9 heteroatoms. The third-order valence-corrected chi connectivity index (χ3v) is 5.73. The minimum absolute atomic E-state index is 0. The number of nitrogens with zero attached hydrogens (tertiary/aromatic N) is 4. The lowest BCUT2D eigenvalue weighted by atomic mass is 10.00. The Balaban J connectivity index is 0.00000256. The number of aliphatic imine (C=N–C) groups is 1. The summed E-state index contributed by atoms with van der Waals surface area (Å²) in [6.45, 7) is 5.70. The first-order valence-corrected chi connectivity index (χ1v) is 10.4. The van der Waals surface area contributed by atoms with Crippen LogP contribution in [0.25, 0.3) is 0 Å². The highest BCUT2D eigenvalue weighted by Gasteiger charge is 2.22. The molecule has 8 nitrogen and oxygen atoms in total. The molecule has 0 amide bonds. The average molecular weight is 526 g/mol. The molecule has 164 valence electrons. The van der Waals surface area contributed by atoms with Gasteiger partial charge in [-0.3, -0.25) is 0 Å². The van der Waals surface area contributed by atoms with Gasteiger partial charge in [-0.25, -0.2) is 4.99 Å². The highest BCUT2D eigenvalue weighted by Crippen LogP contribution is 2.31. The molecular formula is C21H31IN6O2. The normalized spacial score (nSPS) is 19.4. The second-order valence-corrected chi connectivity index (χ2v) is 7.70. The molecule has 2 aliphatic heterocycles. The Morgan fingerprint density at radius 2 is 1.97 bits per heavy atom. The number of aryl methyl sites for hydroxylation is 1. The Bertz CT molecular complexity index is 850. The van der Waals surface area contributed by atoms with Crippen molar-refractivity contribution in [3.63, 3.8) is 0 Å². The summed E-state index contributed by atoms with van der Waals surface area (Å²) in [5.41, 5.74) is 1.17. The number of aromatic nitrogens is 3. The van der Waals surface area contributed by atoms with Gasteiger partial charge in [0, 0.05) is 38.8 Å². The molecule has 4 rings (SSSR count). The van der Waals surface area contributed by atoms with Crippen molar-refractivity contribution in [2.24, 2.45) is 18.0 Å². The predicted molar refractivity (Wildman–Crippen MR) is 126 cm³/mol. The van der Waals surface area contributed by atoms with Crippen molar-refractivity contribution < 1.29 is 9.47 Å². The van der Waals surface area contributed by atoms with Crippen molar-refractivity contribution in [1.82, 2.24) is 25.4 Å². The Labute approximate surface area is 194 Å². The second kappa shape index (κ2) is 10.9. The summed E-state index contributed by atoms with van der Waals surface area (Å²) in [4.78, 5) is 4.82. The second-order valence-electron chi connectivity index (χ2n) is 7.70. The van der Waals surface area contributed by atoms with Crippen LogP contribution >= 0.6 is 24.0 Å². The van der Waals surface area contributed by atoms with E-state index < -0.39 is 0 Å². The van der Waals surface area contributed by atoms with Gasteiger partial charge in [-0.15, -0.1) is 34.2 Å². The number of halogens is 1. The van der Waals surface area contributed by atoms with Crippen LogP contribution in [-0.4, -0.2) is 47.1 Å². The number of nitrogens with one attached hydrogen (secondary N) is 2. The third-order valence-electron chi connectivity index (χ3n) is 5.73. The number of para-hydroxylation sites is 1. The molecule has 1 saturated heterocycles. The molecular weight excluding hydrogens is 495 g/mol. The molecule has 1 aromatic carbocycles. The maximum atomic E-state index is 5.80. The molecule has 0 bridgehead atoms. The van der Waals surface area contributed by atoms with Crippen molar-refractivity contribution in [2.45, 2.75) is 38.8 Å². The van der Waals surface area contributed by atoms with Gasteiger partial charge in [-0.2, -0.15) is 0 Å². The molecule has 2 aliphatic rings. The van der Waals surface area contributed by atoms with Crippen LogP contribution in [0, 0.1) is 12.8 Å². The molecule has 2 aromatic rings. The fourth-order valence-electron chi connectivity index (χ4n) is 3.74. The predicted octanol–water partition coefficient (Wildman–Crippen LogP) is 2.73. The van der Waals surface area contributed by atoms with E-state index >= 15 is 0 Å². The lowest BCUT2D eigenvalue weighted by Gasteiger charge is -2.29. The highest BCUT2D eigenvalue weighted by atomic mass is 127. The summed E-state index contributed by atoms with van der Waals surface area (Å²) in [7, 11) is 1.97. The highest BCUT2D eigenvalue weighted by molar-refractivity contribution is 14.0. The van der Waals surface area contributed by atoms with Gasteiger partial charge in [-0.1, -0.05) is 18.2 Å². The van der Waals surface area contributed by atoms with E-state index in [4.69, 9.17) is 14.5 Å². The first kappa shape index (κ1) is 22.8. The standard InChI is InChI=1S/C21H30N6O2.HI/c1-15-25-26-20(27(15)2)14-23-21(22-13-16-7-10-28-11-8-16)24-18-9-12-29-19-6-4-3-5-17(18)19;/h3-6,16,18H,7-14H2,1-2H3,(H2,22,23,24);1H. The summed E-state index contributed by atoms with van der Waals surface area (Å²) in [5.74, 6) is 4.10. The minimum Gasteiger partial charge on any atom is -0.493 e. The monoisotopic (exact) mass is 526 g/mol. The van der Waals surface area contributed by atoms with Crippen LogP contribution in [0.2, 0.25) is 0 Å². The number of rotatable bonds is 5. The summed E-state index contributed by atoms with van der Waals surface area (Å²) in [6, 6.07) is 8.38. The van der Waals surface area contributed by atoms with Crippen LogP contribution in [-0.2, 0) is 18.3 Å². The van der Waals surface area contributed by atoms with E-state index in [9.17, 15) is 0 Å². The quantitative estimate of drug-likeness (QED) is 0.354. The lowest BCUT2D eigenvalue weighted by molar-refractivity contribution is 0.0675. The van der Waals surface area contributed by atoms with E-state index in [1.54, 1.807) is 0 Å². The van der Waals surface area contributed by atoms with Crippen LogP contribution < -0.4 is 15.4 Å². The molecule has 0 radical (unpaired) electrons. The Morgan fingerprint density at radius 1 is 1.17 bits per heavy atom. The van der Waals surface area contributed by atoms with Gasteiger partial charge < -0.3 is 24.7 Å². The average Bonchev–Trinajstić information content (AvgIpc) is 3.08. The van der Waals surface area contributed by atoms with E-state index in [1.165, 1.54) is 5.56 Å². The minimum atomic E-state index is 0. The van der Waals surface area contributed by atoms with Crippen molar-refractivity contribution in [2.75, 3.05) is 26.4 Å². The number of guanidine groups is 1. The van der Waals surface area contributed by atoms with E-state index in [0.717, 1.165) is 62.4 Å². The van der Waals surface area contributed by atoms with E-state index in [1.807, 2.05) is 30.7 Å². The maximum absolute atomic E-state index is 5.80. The number of ether oxygens (including phenoxy) is 2. The SMILES string of the molecule is Cc1nnc(CN=C(NCC2CCOCC2)NC2CCOc3ccccc32)n1C.I. The number of benzene rings is 1. The maximum Gasteiger partial charge on any atom is 0.192 e. The van der Waals surface area contributed by atoms with Crippen LogP contribution in [0.15, 0.2) is 29.3 Å². The van der Waals surface area contributed by atoms with Crippen molar-refractivity contribution in [3.8, 4) is 5.75 Å². The molecule has 1 unspecified atom stereocenters. The van der Waals surface area contributed by atoms with Crippen LogP contribution in [0.5, 0.6) is 5.75 Å². The molecule has 0 spiro atoms. The lowest BCUT2D eigenvalue weighted by Crippen LogP contribution is -2.43. The van der Waals surface area contributed by atoms with Crippen molar-refractivity contribution >= 4 is 29.9 Å². The van der Waals surface area contributed by atoms with Crippen LogP contribution in [0.1, 0.15) is 42.5 Å². The van der Waals surface area contributed by atoms with Gasteiger partial charge in [0.1, 0.15) is 18.1 Å². The summed E-state index contributed by atoms with van der Waals surface area (Å²) < 4.78 is 13.3. The molecule has 2 N–H and O–H groups in total. The third kappa shape index (κ3) is 5.63. The van der Waals surface area contributed by atoms with Crippen molar-refractivity contribution in [3.05, 3.63) is 41.5 Å². The molecule has 1 aromatic heterocycles. The summed E-state index contributed by atoms with van der Waals surface area (Å²) in [6.07, 6.45) is 3.07. The van der Waals surface area contributed by atoms with E-state index in [-0.39, 0.29) is 30.0 Å². The van der Waals surface area contributed by atoms with Crippen molar-refractivity contribution in [1.29, 1.82) is 0 Å². The van der Waals surface area contributed by atoms with Gasteiger partial charge in [-0.05, 0) is 31.7 Å². The van der Waals surface area contributed by atoms with E-state index in [0.29, 0.717) is 19.1 Å². The molecule has 30 heavy (non-hydrogen) atoms. The van der Waals surface area contributed by atoms with Gasteiger partial charge in [0.05, 0.1) is 12.6 Å².